The largest absolute Gasteiger partial charge is 0.496 e. The van der Waals surface area contributed by atoms with Gasteiger partial charge in [-0.25, -0.2) is 0 Å². The van der Waals surface area contributed by atoms with Crippen molar-refractivity contribution in [3.8, 4) is 17.2 Å². The zero-order valence-electron chi connectivity index (χ0n) is 10.7. The highest BCUT2D eigenvalue weighted by atomic mass is 16.5. The lowest BCUT2D eigenvalue weighted by atomic mass is 10.2. The van der Waals surface area contributed by atoms with Crippen molar-refractivity contribution < 1.29 is 19.7 Å². The van der Waals surface area contributed by atoms with Crippen LogP contribution in [0.2, 0.25) is 0 Å². The molecule has 0 aliphatic rings. The van der Waals surface area contributed by atoms with Gasteiger partial charge in [0.2, 0.25) is 0 Å². The second-order valence-corrected chi connectivity index (χ2v) is 4.04. The Kier molecular flexibility index (Phi) is 4.39. The Labute approximate surface area is 111 Å². The molecule has 0 amide bonds. The van der Waals surface area contributed by atoms with E-state index < -0.39 is 0 Å². The van der Waals surface area contributed by atoms with Gasteiger partial charge in [-0.15, -0.1) is 0 Å². The quantitative estimate of drug-likeness (QED) is 0.867. The first kappa shape index (κ1) is 13.4. The number of methoxy groups -OCH3 is 1. The summed E-state index contributed by atoms with van der Waals surface area (Å²) in [5.74, 6) is 1.87. The van der Waals surface area contributed by atoms with E-state index in [9.17, 15) is 5.11 Å². The highest BCUT2D eigenvalue weighted by Crippen LogP contribution is 2.28. The van der Waals surface area contributed by atoms with Crippen LogP contribution in [0.15, 0.2) is 42.5 Å². The second-order valence-electron chi connectivity index (χ2n) is 4.04. The van der Waals surface area contributed by atoms with Gasteiger partial charge in [0.15, 0.2) is 0 Å². The predicted octanol–water partition coefficient (Wildman–Crippen LogP) is 2.47. The van der Waals surface area contributed by atoms with Gasteiger partial charge in [-0.2, -0.15) is 0 Å². The maximum Gasteiger partial charge on any atom is 0.128 e. The van der Waals surface area contributed by atoms with Gasteiger partial charge in [0.1, 0.15) is 17.2 Å². The van der Waals surface area contributed by atoms with Gasteiger partial charge >= 0.3 is 0 Å². The molecule has 100 valence electrons. The fraction of sp³-hybridized carbons (Fsp3) is 0.200. The second kappa shape index (κ2) is 6.22. The third kappa shape index (κ3) is 3.24. The summed E-state index contributed by atoms with van der Waals surface area (Å²) >= 11 is 0. The Morgan fingerprint density at radius 2 is 1.74 bits per heavy atom. The first-order chi connectivity index (χ1) is 9.26. The van der Waals surface area contributed by atoms with E-state index in [1.165, 1.54) is 0 Å². The number of hydrogen-bond acceptors (Lipinski definition) is 4. The van der Waals surface area contributed by atoms with Gasteiger partial charge in [-0.05, 0) is 35.9 Å². The van der Waals surface area contributed by atoms with Crippen LogP contribution < -0.4 is 9.47 Å². The molecule has 4 nitrogen and oxygen atoms in total. The smallest absolute Gasteiger partial charge is 0.128 e. The molecule has 4 heteroatoms. The van der Waals surface area contributed by atoms with Gasteiger partial charge < -0.3 is 19.7 Å². The van der Waals surface area contributed by atoms with Crippen LogP contribution in [0.25, 0.3) is 0 Å². The molecule has 0 aromatic heterocycles. The number of rotatable bonds is 5. The van der Waals surface area contributed by atoms with Crippen molar-refractivity contribution in [1.29, 1.82) is 0 Å². The van der Waals surface area contributed by atoms with Gasteiger partial charge in [0.05, 0.1) is 20.3 Å². The third-order valence-corrected chi connectivity index (χ3v) is 2.74. The summed E-state index contributed by atoms with van der Waals surface area (Å²) in [4.78, 5) is 0. The Bertz CT molecular complexity index is 552. The molecule has 0 atom stereocenters. The minimum atomic E-state index is -0.114. The van der Waals surface area contributed by atoms with E-state index in [0.29, 0.717) is 22.8 Å². The minimum Gasteiger partial charge on any atom is -0.496 e. The lowest BCUT2D eigenvalue weighted by Gasteiger charge is -2.10. The van der Waals surface area contributed by atoms with E-state index in [4.69, 9.17) is 14.6 Å². The molecule has 0 spiro atoms. The van der Waals surface area contributed by atoms with Crippen LogP contribution in [-0.2, 0) is 13.2 Å². The van der Waals surface area contributed by atoms with Crippen molar-refractivity contribution in [2.24, 2.45) is 0 Å². The Balaban J connectivity index is 2.22. The molecule has 19 heavy (non-hydrogen) atoms. The molecule has 0 aliphatic carbocycles. The topological polar surface area (TPSA) is 58.9 Å². The molecule has 0 unspecified atom stereocenters. The molecule has 0 bridgehead atoms. The molecular formula is C15H16O4. The van der Waals surface area contributed by atoms with Gasteiger partial charge in [0, 0.05) is 5.56 Å². The van der Waals surface area contributed by atoms with Crippen LogP contribution in [-0.4, -0.2) is 17.3 Å². The average molecular weight is 260 g/mol. The SMILES string of the molecule is COc1ccc(Oc2cccc(CO)c2)cc1CO. The maximum atomic E-state index is 9.25. The van der Waals surface area contributed by atoms with Crippen molar-refractivity contribution in [3.05, 3.63) is 53.6 Å². The molecule has 0 saturated heterocycles. The van der Waals surface area contributed by atoms with Crippen molar-refractivity contribution >= 4 is 0 Å². The Morgan fingerprint density at radius 3 is 2.42 bits per heavy atom. The number of benzene rings is 2. The highest BCUT2D eigenvalue weighted by Gasteiger charge is 2.05. The molecule has 2 N–H and O–H groups in total. The van der Waals surface area contributed by atoms with Crippen LogP contribution in [0.4, 0.5) is 0 Å². The van der Waals surface area contributed by atoms with Crippen LogP contribution in [0.5, 0.6) is 17.2 Å². The fourth-order valence-corrected chi connectivity index (χ4v) is 1.79. The maximum absolute atomic E-state index is 9.25. The molecule has 0 aliphatic heterocycles. The molecule has 0 heterocycles. The first-order valence-electron chi connectivity index (χ1n) is 5.92. The van der Waals surface area contributed by atoms with Crippen LogP contribution in [0.3, 0.4) is 0 Å². The van der Waals surface area contributed by atoms with E-state index >= 15 is 0 Å². The Hall–Kier alpha value is -2.04. The summed E-state index contributed by atoms with van der Waals surface area (Å²) in [6, 6.07) is 12.5. The number of hydrogen-bond donors (Lipinski definition) is 2. The molecule has 0 saturated carbocycles. The van der Waals surface area contributed by atoms with Gasteiger partial charge in [0.25, 0.3) is 0 Å². The first-order valence-corrected chi connectivity index (χ1v) is 5.92. The van der Waals surface area contributed by atoms with Crippen molar-refractivity contribution in [1.82, 2.24) is 0 Å². The van der Waals surface area contributed by atoms with E-state index in [-0.39, 0.29) is 13.2 Å². The highest BCUT2D eigenvalue weighted by molar-refractivity contribution is 5.42. The third-order valence-electron chi connectivity index (χ3n) is 2.74. The molecule has 2 aromatic carbocycles. The minimum absolute atomic E-state index is 0.0261. The van der Waals surface area contributed by atoms with E-state index in [1.807, 2.05) is 18.2 Å². The van der Waals surface area contributed by atoms with E-state index in [0.717, 1.165) is 5.56 Å². The molecule has 2 aromatic rings. The van der Waals surface area contributed by atoms with Crippen LogP contribution >= 0.6 is 0 Å². The zero-order valence-corrected chi connectivity index (χ0v) is 10.7. The number of aliphatic hydroxyl groups is 2. The standard InChI is InChI=1S/C15H16O4/c1-18-15-6-5-14(8-12(15)10-17)19-13-4-2-3-11(7-13)9-16/h2-8,16-17H,9-10H2,1H3. The summed E-state index contributed by atoms with van der Waals surface area (Å²) in [5.41, 5.74) is 1.45. The number of aliphatic hydroxyl groups excluding tert-OH is 2. The summed E-state index contributed by atoms with van der Waals surface area (Å²) < 4.78 is 10.8. The summed E-state index contributed by atoms with van der Waals surface area (Å²) in [6.07, 6.45) is 0. The summed E-state index contributed by atoms with van der Waals surface area (Å²) in [5, 5.41) is 18.3. The van der Waals surface area contributed by atoms with Gasteiger partial charge in [-0.3, -0.25) is 0 Å². The van der Waals surface area contributed by atoms with Crippen LogP contribution in [0, 0.1) is 0 Å². The van der Waals surface area contributed by atoms with Crippen molar-refractivity contribution in [2.75, 3.05) is 7.11 Å². The molecule has 0 fully saturated rings. The zero-order chi connectivity index (χ0) is 13.7. The Morgan fingerprint density at radius 1 is 0.947 bits per heavy atom. The van der Waals surface area contributed by atoms with Gasteiger partial charge in [-0.1, -0.05) is 12.1 Å². The number of ether oxygens (including phenoxy) is 2. The molecule has 0 radical (unpaired) electrons. The normalized spacial score (nSPS) is 10.3. The van der Waals surface area contributed by atoms with E-state index in [1.54, 1.807) is 31.4 Å². The molecule has 2 rings (SSSR count). The van der Waals surface area contributed by atoms with E-state index in [2.05, 4.69) is 0 Å². The predicted molar refractivity (Wildman–Crippen MR) is 71.4 cm³/mol. The monoisotopic (exact) mass is 260 g/mol. The lowest BCUT2D eigenvalue weighted by molar-refractivity contribution is 0.273. The summed E-state index contributed by atoms with van der Waals surface area (Å²) in [6.45, 7) is -0.140. The van der Waals surface area contributed by atoms with Crippen molar-refractivity contribution in [2.45, 2.75) is 13.2 Å². The molecular weight excluding hydrogens is 244 g/mol. The fourth-order valence-electron chi connectivity index (χ4n) is 1.79. The lowest BCUT2D eigenvalue weighted by Crippen LogP contribution is -1.93. The van der Waals surface area contributed by atoms with Crippen molar-refractivity contribution in [3.63, 3.8) is 0 Å². The van der Waals surface area contributed by atoms with Crippen LogP contribution in [0.1, 0.15) is 11.1 Å². The summed E-state index contributed by atoms with van der Waals surface area (Å²) in [7, 11) is 1.56. The average Bonchev–Trinajstić information content (AvgIpc) is 2.47.